The molecular formula is C28H60N4O8. The minimum Gasteiger partial charge on any atom is -0.481 e. The molecule has 12 N–H and O–H groups in total. The van der Waals surface area contributed by atoms with E-state index in [-0.39, 0.29) is 25.7 Å². The first kappa shape index (κ1) is 44.7. The summed E-state index contributed by atoms with van der Waals surface area (Å²) in [5, 5.41) is 33.0. The van der Waals surface area contributed by atoms with Crippen molar-refractivity contribution >= 4 is 23.9 Å². The van der Waals surface area contributed by atoms with E-state index in [0.717, 1.165) is 90.4 Å². The number of carbonyl (C=O) groups is 4. The van der Waals surface area contributed by atoms with Gasteiger partial charge in [0.15, 0.2) is 0 Å². The number of aliphatic carboxylic acids is 4. The summed E-state index contributed by atoms with van der Waals surface area (Å²) in [4.78, 5) is 40.1. The van der Waals surface area contributed by atoms with Crippen molar-refractivity contribution in [2.45, 2.75) is 128 Å². The van der Waals surface area contributed by atoms with Gasteiger partial charge in [-0.1, -0.05) is 51.4 Å². The van der Waals surface area contributed by atoms with Crippen LogP contribution in [0.2, 0.25) is 0 Å². The molecule has 0 heterocycles. The molecule has 0 rings (SSSR count). The molecule has 0 atom stereocenters. The Kier molecular flexibility index (Phi) is 46.1. The molecule has 0 spiro atoms. The number of unbranched alkanes of at least 4 members (excludes halogenated alkanes) is 12. The van der Waals surface area contributed by atoms with Gasteiger partial charge in [-0.3, -0.25) is 19.2 Å². The fourth-order valence-corrected chi connectivity index (χ4v) is 3.10. The van der Waals surface area contributed by atoms with E-state index in [2.05, 4.69) is 0 Å². The molecule has 0 radical (unpaired) electrons. The van der Waals surface area contributed by atoms with Crippen LogP contribution in [0.1, 0.15) is 128 Å². The Morgan fingerprint density at radius 1 is 0.300 bits per heavy atom. The molecule has 40 heavy (non-hydrogen) atoms. The maximum absolute atomic E-state index is 10.1. The van der Waals surface area contributed by atoms with Crippen LogP contribution in [0, 0.1) is 0 Å². The maximum Gasteiger partial charge on any atom is 0.303 e. The summed E-state index contributed by atoms with van der Waals surface area (Å²) in [7, 11) is 0. The minimum absolute atomic E-state index is 0.0628. The van der Waals surface area contributed by atoms with Gasteiger partial charge in [-0.2, -0.15) is 0 Å². The lowest BCUT2D eigenvalue weighted by molar-refractivity contribution is -0.139. The molecule has 0 saturated heterocycles. The van der Waals surface area contributed by atoms with Crippen LogP contribution in [0.15, 0.2) is 0 Å². The molecule has 0 aromatic carbocycles. The van der Waals surface area contributed by atoms with Crippen LogP contribution in [-0.2, 0) is 19.2 Å². The molecule has 0 amide bonds. The van der Waals surface area contributed by atoms with Crippen LogP contribution in [-0.4, -0.2) is 70.5 Å². The third-order valence-corrected chi connectivity index (χ3v) is 5.38. The van der Waals surface area contributed by atoms with Crippen molar-refractivity contribution in [3.8, 4) is 0 Å². The van der Waals surface area contributed by atoms with E-state index in [1.807, 2.05) is 0 Å². The van der Waals surface area contributed by atoms with Crippen molar-refractivity contribution in [1.82, 2.24) is 0 Å². The molecule has 12 heteroatoms. The smallest absolute Gasteiger partial charge is 0.303 e. The number of hydrogen-bond acceptors (Lipinski definition) is 8. The maximum atomic E-state index is 10.1. The molecule has 0 unspecified atom stereocenters. The Bertz CT molecular complexity index is 506. The van der Waals surface area contributed by atoms with E-state index in [1.54, 1.807) is 0 Å². The molecule has 0 saturated carbocycles. The SMILES string of the molecule is NCCCCCCN.NCCCCCCN.O=C(O)CCCCC(=O)O.O=C(O)CCCCCCCCC(=O)O. The Hall–Kier alpha value is -2.28. The number of carboxylic acids is 4. The average Bonchev–Trinajstić information content (AvgIpc) is 2.89. The molecule has 0 fully saturated rings. The normalized spacial score (nSPS) is 9.70. The average molecular weight is 581 g/mol. The fourth-order valence-electron chi connectivity index (χ4n) is 3.10. The summed E-state index contributed by atoms with van der Waals surface area (Å²) < 4.78 is 0. The zero-order valence-electron chi connectivity index (χ0n) is 24.7. The topological polar surface area (TPSA) is 253 Å². The third-order valence-electron chi connectivity index (χ3n) is 5.38. The van der Waals surface area contributed by atoms with Gasteiger partial charge < -0.3 is 43.4 Å². The van der Waals surface area contributed by atoms with Gasteiger partial charge in [-0.15, -0.1) is 0 Å². The van der Waals surface area contributed by atoms with Gasteiger partial charge in [0.05, 0.1) is 0 Å². The van der Waals surface area contributed by atoms with Gasteiger partial charge in [0.2, 0.25) is 0 Å². The first-order valence-electron chi connectivity index (χ1n) is 14.8. The summed E-state index contributed by atoms with van der Waals surface area (Å²) in [5.74, 6) is -3.22. The van der Waals surface area contributed by atoms with E-state index < -0.39 is 23.9 Å². The molecule has 0 aliphatic rings. The summed E-state index contributed by atoms with van der Waals surface area (Å²) in [6.45, 7) is 3.30. The van der Waals surface area contributed by atoms with E-state index in [9.17, 15) is 19.2 Å². The van der Waals surface area contributed by atoms with Crippen molar-refractivity contribution < 1.29 is 39.6 Å². The van der Waals surface area contributed by atoms with Crippen molar-refractivity contribution in [3.63, 3.8) is 0 Å². The van der Waals surface area contributed by atoms with Crippen LogP contribution in [0.4, 0.5) is 0 Å². The van der Waals surface area contributed by atoms with Gasteiger partial charge in [-0.05, 0) is 77.5 Å². The van der Waals surface area contributed by atoms with Crippen LogP contribution in [0.5, 0.6) is 0 Å². The third kappa shape index (κ3) is 65.1. The first-order chi connectivity index (χ1) is 19.1. The zero-order chi connectivity index (χ0) is 31.3. The second-order valence-corrected chi connectivity index (χ2v) is 9.39. The molecule has 0 aliphatic carbocycles. The van der Waals surface area contributed by atoms with E-state index in [1.165, 1.54) is 25.7 Å². The minimum atomic E-state index is -0.870. The number of hydrogen-bond donors (Lipinski definition) is 8. The molecule has 0 bridgehead atoms. The molecule has 0 aliphatic heterocycles. The fraction of sp³-hybridized carbons (Fsp3) is 0.857. The van der Waals surface area contributed by atoms with Gasteiger partial charge in [0, 0.05) is 25.7 Å². The lowest BCUT2D eigenvalue weighted by Gasteiger charge is -1.98. The Morgan fingerprint density at radius 2 is 0.450 bits per heavy atom. The lowest BCUT2D eigenvalue weighted by atomic mass is 10.1. The predicted octanol–water partition coefficient (Wildman–Crippen LogP) is 3.92. The standard InChI is InChI=1S/C10H18O4.2C6H16N2.C6H10O4/c11-9(12)7-5-3-1-2-4-6-8-10(13)14;2*7-5-3-1-2-4-6-8;7-5(8)3-1-2-4-6(9)10/h1-8H2,(H,11,12)(H,13,14);2*1-8H2;1-4H2,(H,7,8)(H,9,10). The quantitative estimate of drug-likeness (QED) is 0.0756. The van der Waals surface area contributed by atoms with Gasteiger partial charge >= 0.3 is 23.9 Å². The molecule has 0 aromatic rings. The van der Waals surface area contributed by atoms with E-state index >= 15 is 0 Å². The van der Waals surface area contributed by atoms with Gasteiger partial charge in [-0.25, -0.2) is 0 Å². The van der Waals surface area contributed by atoms with Crippen molar-refractivity contribution in [3.05, 3.63) is 0 Å². The Morgan fingerprint density at radius 3 is 0.625 bits per heavy atom. The highest BCUT2D eigenvalue weighted by atomic mass is 16.4. The molecule has 240 valence electrons. The van der Waals surface area contributed by atoms with Crippen LogP contribution < -0.4 is 22.9 Å². The summed E-state index contributed by atoms with van der Waals surface area (Å²) >= 11 is 0. The highest BCUT2D eigenvalue weighted by Gasteiger charge is 1.99. The largest absolute Gasteiger partial charge is 0.481 e. The molecule has 12 nitrogen and oxygen atoms in total. The van der Waals surface area contributed by atoms with Crippen LogP contribution in [0.3, 0.4) is 0 Å². The predicted molar refractivity (Wildman–Crippen MR) is 159 cm³/mol. The lowest BCUT2D eigenvalue weighted by Crippen LogP contribution is -2.00. The van der Waals surface area contributed by atoms with Crippen molar-refractivity contribution in [1.29, 1.82) is 0 Å². The molecule has 0 aromatic heterocycles. The second kappa shape index (κ2) is 41.2. The van der Waals surface area contributed by atoms with E-state index in [0.29, 0.717) is 12.8 Å². The van der Waals surface area contributed by atoms with Gasteiger partial charge in [0.25, 0.3) is 0 Å². The highest BCUT2D eigenvalue weighted by Crippen LogP contribution is 2.08. The Balaban J connectivity index is -0.000000223. The molecular weight excluding hydrogens is 520 g/mol. The van der Waals surface area contributed by atoms with Crippen LogP contribution >= 0.6 is 0 Å². The first-order valence-corrected chi connectivity index (χ1v) is 14.8. The van der Waals surface area contributed by atoms with Gasteiger partial charge in [0.1, 0.15) is 0 Å². The van der Waals surface area contributed by atoms with E-state index in [4.69, 9.17) is 43.4 Å². The van der Waals surface area contributed by atoms with Crippen LogP contribution in [0.25, 0.3) is 0 Å². The summed E-state index contributed by atoms with van der Waals surface area (Å²) in [6, 6.07) is 0. The Labute approximate surface area is 241 Å². The van der Waals surface area contributed by atoms with Crippen molar-refractivity contribution in [2.75, 3.05) is 26.2 Å². The monoisotopic (exact) mass is 580 g/mol. The number of nitrogens with two attached hydrogens (primary N) is 4. The summed E-state index contributed by atoms with van der Waals surface area (Å²) in [5.41, 5.74) is 21.1. The number of carboxylic acid groups (broad SMARTS) is 4. The number of rotatable bonds is 24. The van der Waals surface area contributed by atoms with Crippen molar-refractivity contribution in [2.24, 2.45) is 22.9 Å². The summed E-state index contributed by atoms with van der Waals surface area (Å²) in [6.07, 6.45) is 16.4. The zero-order valence-corrected chi connectivity index (χ0v) is 24.7. The highest BCUT2D eigenvalue weighted by molar-refractivity contribution is 5.68. The second-order valence-electron chi connectivity index (χ2n) is 9.39.